The molecule has 0 aliphatic carbocycles. The van der Waals surface area contributed by atoms with Crippen LogP contribution in [0.15, 0.2) is 48.5 Å². The Morgan fingerprint density at radius 3 is 1.63 bits per heavy atom. The second-order valence-corrected chi connectivity index (χ2v) is 4.55. The average Bonchev–Trinajstić information content (AvgIpc) is 2.42. The van der Waals surface area contributed by atoms with Crippen LogP contribution in [-0.4, -0.2) is 10.2 Å². The van der Waals surface area contributed by atoms with Crippen molar-refractivity contribution in [2.75, 3.05) is 0 Å². The van der Waals surface area contributed by atoms with Crippen molar-refractivity contribution in [3.05, 3.63) is 59.7 Å². The number of phenols is 2. The van der Waals surface area contributed by atoms with E-state index in [-0.39, 0.29) is 11.5 Å². The lowest BCUT2D eigenvalue weighted by molar-refractivity contribution is 0.474. The van der Waals surface area contributed by atoms with Gasteiger partial charge < -0.3 is 10.2 Å². The maximum absolute atomic E-state index is 9.35. The molecule has 0 aliphatic rings. The molecular weight excluding hydrogens is 236 g/mol. The predicted octanol–water partition coefficient (Wildman–Crippen LogP) is 4.44. The van der Waals surface area contributed by atoms with E-state index in [9.17, 15) is 10.2 Å². The molecule has 2 nitrogen and oxygen atoms in total. The van der Waals surface area contributed by atoms with Gasteiger partial charge in [0.2, 0.25) is 0 Å². The Labute approximate surface area is 113 Å². The predicted molar refractivity (Wildman–Crippen MR) is 79.0 cm³/mol. The lowest BCUT2D eigenvalue weighted by Gasteiger charge is -2.12. The van der Waals surface area contributed by atoms with E-state index in [1.165, 1.54) is 11.1 Å². The van der Waals surface area contributed by atoms with Crippen LogP contribution >= 0.6 is 0 Å². The Kier molecular flexibility index (Phi) is 3.91. The third-order valence-electron chi connectivity index (χ3n) is 3.32. The molecule has 0 bridgehead atoms. The quantitative estimate of drug-likeness (QED) is 0.795. The lowest BCUT2D eigenvalue weighted by Crippen LogP contribution is -1.88. The maximum Gasteiger partial charge on any atom is 0.115 e. The fourth-order valence-corrected chi connectivity index (χ4v) is 2.23. The first-order chi connectivity index (χ1) is 9.11. The van der Waals surface area contributed by atoms with E-state index in [1.807, 2.05) is 24.3 Å². The standard InChI is InChI=1S/C17H18O2/c1-3-17(14-6-10-16(19)11-7-14)12(2)13-4-8-15(18)9-5-13/h4-11,18-19H,3H2,1-2H3/b17-12+. The topological polar surface area (TPSA) is 40.5 Å². The molecule has 0 saturated heterocycles. The van der Waals surface area contributed by atoms with E-state index in [2.05, 4.69) is 13.8 Å². The van der Waals surface area contributed by atoms with E-state index in [4.69, 9.17) is 0 Å². The summed E-state index contributed by atoms with van der Waals surface area (Å²) in [4.78, 5) is 0. The summed E-state index contributed by atoms with van der Waals surface area (Å²) in [5.41, 5.74) is 4.65. The number of hydrogen-bond acceptors (Lipinski definition) is 2. The van der Waals surface area contributed by atoms with Gasteiger partial charge in [0.15, 0.2) is 0 Å². The van der Waals surface area contributed by atoms with Crippen LogP contribution in [0, 0.1) is 0 Å². The van der Waals surface area contributed by atoms with Gasteiger partial charge in [0.05, 0.1) is 0 Å². The third-order valence-corrected chi connectivity index (χ3v) is 3.32. The number of aromatic hydroxyl groups is 2. The highest BCUT2D eigenvalue weighted by Crippen LogP contribution is 2.30. The molecule has 98 valence electrons. The highest BCUT2D eigenvalue weighted by atomic mass is 16.3. The summed E-state index contributed by atoms with van der Waals surface area (Å²) in [6, 6.07) is 14.5. The molecule has 0 spiro atoms. The Balaban J connectivity index is 2.46. The van der Waals surface area contributed by atoms with Crippen LogP contribution in [0.5, 0.6) is 11.5 Å². The van der Waals surface area contributed by atoms with Gasteiger partial charge in [0.25, 0.3) is 0 Å². The van der Waals surface area contributed by atoms with Crippen molar-refractivity contribution in [3.63, 3.8) is 0 Å². The SMILES string of the molecule is CC/C(=C(/C)c1ccc(O)cc1)c1ccc(O)cc1. The molecule has 0 fully saturated rings. The Bertz CT molecular complexity index is 578. The van der Waals surface area contributed by atoms with Crippen LogP contribution in [0.3, 0.4) is 0 Å². The number of allylic oxidation sites excluding steroid dienone is 2. The summed E-state index contributed by atoms with van der Waals surface area (Å²) >= 11 is 0. The number of hydrogen-bond donors (Lipinski definition) is 2. The number of benzene rings is 2. The van der Waals surface area contributed by atoms with Gasteiger partial charge in [-0.25, -0.2) is 0 Å². The van der Waals surface area contributed by atoms with Crippen molar-refractivity contribution >= 4 is 11.1 Å². The summed E-state index contributed by atoms with van der Waals surface area (Å²) in [6.07, 6.45) is 0.914. The van der Waals surface area contributed by atoms with Gasteiger partial charge in [-0.15, -0.1) is 0 Å². The Hall–Kier alpha value is -2.22. The van der Waals surface area contributed by atoms with Gasteiger partial charge in [-0.1, -0.05) is 31.2 Å². The molecule has 0 unspecified atom stereocenters. The van der Waals surface area contributed by atoms with Crippen LogP contribution < -0.4 is 0 Å². The lowest BCUT2D eigenvalue weighted by atomic mass is 9.94. The Morgan fingerprint density at radius 2 is 1.21 bits per heavy atom. The third kappa shape index (κ3) is 2.97. The van der Waals surface area contributed by atoms with E-state index in [0.29, 0.717) is 0 Å². The first kappa shape index (κ1) is 13.2. The van der Waals surface area contributed by atoms with Gasteiger partial charge in [-0.2, -0.15) is 0 Å². The second-order valence-electron chi connectivity index (χ2n) is 4.55. The van der Waals surface area contributed by atoms with Crippen LogP contribution in [0.2, 0.25) is 0 Å². The minimum absolute atomic E-state index is 0.277. The van der Waals surface area contributed by atoms with Gasteiger partial charge in [0, 0.05) is 0 Å². The molecule has 0 amide bonds. The molecule has 2 N–H and O–H groups in total. The molecule has 0 aromatic heterocycles. The van der Waals surface area contributed by atoms with Crippen LogP contribution in [-0.2, 0) is 0 Å². The molecule has 0 aliphatic heterocycles. The summed E-state index contributed by atoms with van der Waals surface area (Å²) < 4.78 is 0. The molecule has 2 heteroatoms. The van der Waals surface area contributed by atoms with Crippen molar-refractivity contribution in [3.8, 4) is 11.5 Å². The molecule has 2 aromatic rings. The first-order valence-electron chi connectivity index (χ1n) is 6.40. The van der Waals surface area contributed by atoms with Crippen LogP contribution in [0.1, 0.15) is 31.4 Å². The van der Waals surface area contributed by atoms with E-state index < -0.39 is 0 Å². The fraction of sp³-hybridized carbons (Fsp3) is 0.176. The van der Waals surface area contributed by atoms with Gasteiger partial charge in [0.1, 0.15) is 11.5 Å². The monoisotopic (exact) mass is 254 g/mol. The largest absolute Gasteiger partial charge is 0.508 e. The smallest absolute Gasteiger partial charge is 0.115 e. The first-order valence-corrected chi connectivity index (χ1v) is 6.40. The number of rotatable bonds is 3. The maximum atomic E-state index is 9.35. The summed E-state index contributed by atoms with van der Waals surface area (Å²) in [7, 11) is 0. The zero-order chi connectivity index (χ0) is 13.8. The van der Waals surface area contributed by atoms with Crippen molar-refractivity contribution < 1.29 is 10.2 Å². The minimum Gasteiger partial charge on any atom is -0.508 e. The summed E-state index contributed by atoms with van der Waals surface area (Å²) in [5.74, 6) is 0.556. The highest BCUT2D eigenvalue weighted by Gasteiger charge is 2.06. The summed E-state index contributed by atoms with van der Waals surface area (Å²) in [5, 5.41) is 18.7. The van der Waals surface area contributed by atoms with E-state index in [1.54, 1.807) is 24.3 Å². The minimum atomic E-state index is 0.277. The van der Waals surface area contributed by atoms with Crippen molar-refractivity contribution in [2.45, 2.75) is 20.3 Å². The molecule has 19 heavy (non-hydrogen) atoms. The molecule has 0 saturated carbocycles. The normalized spacial score (nSPS) is 12.1. The van der Waals surface area contributed by atoms with Gasteiger partial charge >= 0.3 is 0 Å². The van der Waals surface area contributed by atoms with Crippen molar-refractivity contribution in [2.24, 2.45) is 0 Å². The fourth-order valence-electron chi connectivity index (χ4n) is 2.23. The molecule has 0 atom stereocenters. The number of phenolic OH excluding ortho intramolecular Hbond substituents is 2. The average molecular weight is 254 g/mol. The van der Waals surface area contributed by atoms with E-state index >= 15 is 0 Å². The molecule has 2 aromatic carbocycles. The van der Waals surface area contributed by atoms with Crippen molar-refractivity contribution in [1.29, 1.82) is 0 Å². The zero-order valence-corrected chi connectivity index (χ0v) is 11.2. The molecular formula is C17H18O2. The van der Waals surface area contributed by atoms with Crippen molar-refractivity contribution in [1.82, 2.24) is 0 Å². The van der Waals surface area contributed by atoms with Gasteiger partial charge in [-0.3, -0.25) is 0 Å². The van der Waals surface area contributed by atoms with Crippen LogP contribution in [0.4, 0.5) is 0 Å². The van der Waals surface area contributed by atoms with Gasteiger partial charge in [-0.05, 0) is 59.9 Å². The molecule has 0 heterocycles. The second kappa shape index (κ2) is 5.61. The van der Waals surface area contributed by atoms with E-state index in [0.717, 1.165) is 17.5 Å². The highest BCUT2D eigenvalue weighted by molar-refractivity contribution is 5.89. The Morgan fingerprint density at radius 1 is 0.789 bits per heavy atom. The zero-order valence-electron chi connectivity index (χ0n) is 11.2. The summed E-state index contributed by atoms with van der Waals surface area (Å²) in [6.45, 7) is 4.20. The molecule has 2 rings (SSSR count). The molecule has 0 radical (unpaired) electrons. The van der Waals surface area contributed by atoms with Crippen LogP contribution in [0.25, 0.3) is 11.1 Å².